The molecule has 0 aliphatic heterocycles. The Labute approximate surface area is 153 Å². The highest BCUT2D eigenvalue weighted by molar-refractivity contribution is 7.92. The Bertz CT molecular complexity index is 836. The van der Waals surface area contributed by atoms with Crippen molar-refractivity contribution in [2.75, 3.05) is 17.9 Å². The summed E-state index contributed by atoms with van der Waals surface area (Å²) < 4.78 is 26.6. The van der Waals surface area contributed by atoms with E-state index >= 15 is 0 Å². The third-order valence-electron chi connectivity index (χ3n) is 3.76. The second-order valence-electron chi connectivity index (χ2n) is 5.59. The fraction of sp³-hybridized carbons (Fsp3) is 0.278. The number of benzene rings is 2. The first kappa shape index (κ1) is 19.3. The Morgan fingerprint density at radius 1 is 1.16 bits per heavy atom. The number of hydrogen-bond acceptors (Lipinski definition) is 3. The molecule has 2 aromatic carbocycles. The van der Waals surface area contributed by atoms with Crippen LogP contribution < -0.4 is 9.62 Å². The molecule has 0 bridgehead atoms. The molecule has 0 aliphatic rings. The van der Waals surface area contributed by atoms with E-state index in [1.54, 1.807) is 24.3 Å². The molecule has 0 atom stereocenters. The van der Waals surface area contributed by atoms with Crippen molar-refractivity contribution < 1.29 is 13.2 Å². The minimum atomic E-state index is -3.73. The Morgan fingerprint density at radius 3 is 2.48 bits per heavy atom. The predicted molar refractivity (Wildman–Crippen MR) is 101 cm³/mol. The van der Waals surface area contributed by atoms with Crippen molar-refractivity contribution in [1.29, 1.82) is 0 Å². The number of anilines is 1. The van der Waals surface area contributed by atoms with E-state index in [4.69, 9.17) is 11.6 Å². The molecule has 0 radical (unpaired) electrons. The van der Waals surface area contributed by atoms with Crippen LogP contribution in [0, 0.1) is 0 Å². The highest BCUT2D eigenvalue weighted by Crippen LogP contribution is 2.24. The van der Waals surface area contributed by atoms with Crippen LogP contribution in [0.3, 0.4) is 0 Å². The molecule has 25 heavy (non-hydrogen) atoms. The number of amides is 1. The van der Waals surface area contributed by atoms with E-state index in [1.165, 1.54) is 31.3 Å². The van der Waals surface area contributed by atoms with Crippen LogP contribution >= 0.6 is 11.6 Å². The summed E-state index contributed by atoms with van der Waals surface area (Å²) in [5.41, 5.74) is 0.838. The molecule has 0 aromatic heterocycles. The lowest BCUT2D eigenvalue weighted by Gasteiger charge is -2.20. The van der Waals surface area contributed by atoms with E-state index in [2.05, 4.69) is 5.32 Å². The summed E-state index contributed by atoms with van der Waals surface area (Å²) in [5, 5.41) is 3.29. The molecular formula is C18H21ClN2O3S. The lowest BCUT2D eigenvalue weighted by Crippen LogP contribution is -2.28. The third kappa shape index (κ3) is 4.74. The molecule has 5 nitrogen and oxygen atoms in total. The van der Waals surface area contributed by atoms with Crippen molar-refractivity contribution in [3.63, 3.8) is 0 Å². The Kier molecular flexibility index (Phi) is 6.45. The molecule has 2 rings (SSSR count). The molecule has 0 fully saturated rings. The van der Waals surface area contributed by atoms with E-state index in [1.807, 2.05) is 6.92 Å². The van der Waals surface area contributed by atoms with E-state index in [0.717, 1.165) is 17.1 Å². The zero-order valence-electron chi connectivity index (χ0n) is 14.2. The molecule has 2 aromatic rings. The average Bonchev–Trinajstić information content (AvgIpc) is 2.61. The van der Waals surface area contributed by atoms with Crippen molar-refractivity contribution >= 4 is 33.2 Å². The standard InChI is InChI=1S/C18H21ClN2O3S/c1-3-4-12-20-18(22)14-6-5-7-16(13-14)21(2)25(23,24)17-10-8-15(19)9-11-17/h5-11,13H,3-4,12H2,1-2H3,(H,20,22). The molecule has 134 valence electrons. The second-order valence-corrected chi connectivity index (χ2v) is 7.99. The molecular weight excluding hydrogens is 360 g/mol. The summed E-state index contributed by atoms with van der Waals surface area (Å²) in [6.45, 7) is 2.64. The van der Waals surface area contributed by atoms with Gasteiger partial charge in [0.2, 0.25) is 0 Å². The Morgan fingerprint density at radius 2 is 1.84 bits per heavy atom. The van der Waals surface area contributed by atoms with Gasteiger partial charge in [0, 0.05) is 24.2 Å². The van der Waals surface area contributed by atoms with Crippen LogP contribution in [0.4, 0.5) is 5.69 Å². The lowest BCUT2D eigenvalue weighted by molar-refractivity contribution is 0.0953. The Balaban J connectivity index is 2.24. The van der Waals surface area contributed by atoms with Gasteiger partial charge in [0.1, 0.15) is 0 Å². The van der Waals surface area contributed by atoms with Gasteiger partial charge in [0.15, 0.2) is 0 Å². The zero-order chi connectivity index (χ0) is 18.4. The zero-order valence-corrected chi connectivity index (χ0v) is 15.8. The predicted octanol–water partition coefficient (Wildman–Crippen LogP) is 3.70. The van der Waals surface area contributed by atoms with Gasteiger partial charge in [-0.25, -0.2) is 8.42 Å². The number of rotatable bonds is 7. The van der Waals surface area contributed by atoms with Crippen molar-refractivity contribution in [1.82, 2.24) is 5.32 Å². The summed E-state index contributed by atoms with van der Waals surface area (Å²) in [6, 6.07) is 12.5. The SMILES string of the molecule is CCCCNC(=O)c1cccc(N(C)S(=O)(=O)c2ccc(Cl)cc2)c1. The second kappa shape index (κ2) is 8.36. The molecule has 0 saturated carbocycles. The number of hydrogen-bond donors (Lipinski definition) is 1. The van der Waals surface area contributed by atoms with Gasteiger partial charge < -0.3 is 5.32 Å². The number of carbonyl (C=O) groups is 1. The third-order valence-corrected chi connectivity index (χ3v) is 5.81. The molecule has 0 heterocycles. The summed E-state index contributed by atoms with van der Waals surface area (Å²) in [4.78, 5) is 12.3. The minimum absolute atomic E-state index is 0.136. The fourth-order valence-electron chi connectivity index (χ4n) is 2.23. The van der Waals surface area contributed by atoms with Gasteiger partial charge in [-0.3, -0.25) is 9.10 Å². The van der Waals surface area contributed by atoms with Crippen LogP contribution in [-0.2, 0) is 10.0 Å². The number of carbonyl (C=O) groups excluding carboxylic acids is 1. The summed E-state index contributed by atoms with van der Waals surface area (Å²) in [7, 11) is -2.27. The monoisotopic (exact) mass is 380 g/mol. The first-order valence-electron chi connectivity index (χ1n) is 7.99. The number of unbranched alkanes of at least 4 members (excludes halogenated alkanes) is 1. The van der Waals surface area contributed by atoms with Gasteiger partial charge in [0.25, 0.3) is 15.9 Å². The van der Waals surface area contributed by atoms with E-state index < -0.39 is 10.0 Å². The minimum Gasteiger partial charge on any atom is -0.352 e. The van der Waals surface area contributed by atoms with Crippen molar-refractivity contribution in [3.8, 4) is 0 Å². The fourth-order valence-corrected chi connectivity index (χ4v) is 3.54. The van der Waals surface area contributed by atoms with Crippen molar-refractivity contribution in [3.05, 3.63) is 59.1 Å². The maximum atomic E-state index is 12.7. The quantitative estimate of drug-likeness (QED) is 0.745. The van der Waals surface area contributed by atoms with Crippen LogP contribution in [0.5, 0.6) is 0 Å². The smallest absolute Gasteiger partial charge is 0.264 e. The highest BCUT2D eigenvalue weighted by atomic mass is 35.5. The van der Waals surface area contributed by atoms with E-state index in [9.17, 15) is 13.2 Å². The Hall–Kier alpha value is -2.05. The van der Waals surface area contributed by atoms with Crippen LogP contribution in [-0.4, -0.2) is 27.9 Å². The lowest BCUT2D eigenvalue weighted by atomic mass is 10.2. The number of nitrogens with zero attached hydrogens (tertiary/aromatic N) is 1. The van der Waals surface area contributed by atoms with Gasteiger partial charge >= 0.3 is 0 Å². The summed E-state index contributed by atoms with van der Waals surface area (Å²) >= 11 is 5.81. The van der Waals surface area contributed by atoms with Gasteiger partial charge in [-0.1, -0.05) is 31.0 Å². The average molecular weight is 381 g/mol. The molecule has 7 heteroatoms. The van der Waals surface area contributed by atoms with Gasteiger partial charge in [-0.15, -0.1) is 0 Å². The van der Waals surface area contributed by atoms with Crippen LogP contribution in [0.2, 0.25) is 5.02 Å². The van der Waals surface area contributed by atoms with Gasteiger partial charge in [-0.05, 0) is 48.9 Å². The molecule has 0 spiro atoms. The summed E-state index contributed by atoms with van der Waals surface area (Å²) in [6.07, 6.45) is 1.89. The maximum absolute atomic E-state index is 12.7. The van der Waals surface area contributed by atoms with Crippen LogP contribution in [0.25, 0.3) is 0 Å². The highest BCUT2D eigenvalue weighted by Gasteiger charge is 2.21. The number of halogens is 1. The van der Waals surface area contributed by atoms with E-state index in [-0.39, 0.29) is 10.8 Å². The molecule has 1 N–H and O–H groups in total. The molecule has 1 amide bonds. The first-order chi connectivity index (χ1) is 11.9. The van der Waals surface area contributed by atoms with Gasteiger partial charge in [-0.2, -0.15) is 0 Å². The van der Waals surface area contributed by atoms with Crippen LogP contribution in [0.15, 0.2) is 53.4 Å². The topological polar surface area (TPSA) is 66.5 Å². The first-order valence-corrected chi connectivity index (χ1v) is 9.81. The maximum Gasteiger partial charge on any atom is 0.264 e. The largest absolute Gasteiger partial charge is 0.352 e. The van der Waals surface area contributed by atoms with E-state index in [0.29, 0.717) is 22.8 Å². The molecule has 0 unspecified atom stereocenters. The number of sulfonamides is 1. The molecule has 0 aliphatic carbocycles. The van der Waals surface area contributed by atoms with Gasteiger partial charge in [0.05, 0.1) is 10.6 Å². The number of nitrogens with one attached hydrogen (secondary N) is 1. The molecule has 0 saturated heterocycles. The normalized spacial score (nSPS) is 11.2. The summed E-state index contributed by atoms with van der Waals surface area (Å²) in [5.74, 6) is -0.215. The van der Waals surface area contributed by atoms with Crippen molar-refractivity contribution in [2.24, 2.45) is 0 Å². The van der Waals surface area contributed by atoms with Crippen LogP contribution in [0.1, 0.15) is 30.1 Å². The van der Waals surface area contributed by atoms with Crippen molar-refractivity contribution in [2.45, 2.75) is 24.7 Å².